The van der Waals surface area contributed by atoms with Crippen molar-refractivity contribution in [3.8, 4) is 0 Å². The third kappa shape index (κ3) is 4.66. The SMILES string of the molecule is CCN(CC)C(=O)CCNC1CCOC2(CCOCC2)C1. The van der Waals surface area contributed by atoms with Gasteiger partial charge in [0.25, 0.3) is 0 Å². The summed E-state index contributed by atoms with van der Waals surface area (Å²) in [6.07, 6.45) is 4.69. The van der Waals surface area contributed by atoms with E-state index in [0.29, 0.717) is 12.5 Å². The van der Waals surface area contributed by atoms with Crippen LogP contribution >= 0.6 is 0 Å². The van der Waals surface area contributed by atoms with Gasteiger partial charge < -0.3 is 19.7 Å². The number of hydrogen-bond acceptors (Lipinski definition) is 4. The van der Waals surface area contributed by atoms with Crippen LogP contribution in [-0.4, -0.2) is 61.9 Å². The monoisotopic (exact) mass is 298 g/mol. The summed E-state index contributed by atoms with van der Waals surface area (Å²) in [5.41, 5.74) is 0.0248. The molecular weight excluding hydrogens is 268 g/mol. The Morgan fingerprint density at radius 2 is 1.95 bits per heavy atom. The third-order valence-electron chi connectivity index (χ3n) is 4.79. The zero-order chi connectivity index (χ0) is 15.1. The summed E-state index contributed by atoms with van der Waals surface area (Å²) in [4.78, 5) is 13.9. The Labute approximate surface area is 128 Å². The van der Waals surface area contributed by atoms with E-state index in [9.17, 15) is 4.79 Å². The van der Waals surface area contributed by atoms with Crippen LogP contribution in [0.2, 0.25) is 0 Å². The molecule has 2 rings (SSSR count). The van der Waals surface area contributed by atoms with Crippen LogP contribution in [0.3, 0.4) is 0 Å². The van der Waals surface area contributed by atoms with Gasteiger partial charge in [0.15, 0.2) is 0 Å². The molecule has 21 heavy (non-hydrogen) atoms. The molecule has 0 radical (unpaired) electrons. The van der Waals surface area contributed by atoms with E-state index in [1.54, 1.807) is 0 Å². The van der Waals surface area contributed by atoms with Gasteiger partial charge >= 0.3 is 0 Å². The van der Waals surface area contributed by atoms with E-state index in [1.807, 2.05) is 18.7 Å². The zero-order valence-corrected chi connectivity index (χ0v) is 13.5. The van der Waals surface area contributed by atoms with Gasteiger partial charge in [-0.15, -0.1) is 0 Å². The topological polar surface area (TPSA) is 50.8 Å². The summed E-state index contributed by atoms with van der Waals surface area (Å²) < 4.78 is 11.5. The van der Waals surface area contributed by atoms with Crippen molar-refractivity contribution >= 4 is 5.91 Å². The summed E-state index contributed by atoms with van der Waals surface area (Å²) in [5, 5.41) is 3.56. The van der Waals surface area contributed by atoms with Crippen LogP contribution in [0, 0.1) is 0 Å². The molecule has 2 saturated heterocycles. The molecule has 1 spiro atoms. The van der Waals surface area contributed by atoms with E-state index in [-0.39, 0.29) is 11.5 Å². The lowest BCUT2D eigenvalue weighted by Gasteiger charge is -2.43. The first-order valence-corrected chi connectivity index (χ1v) is 8.42. The first-order valence-electron chi connectivity index (χ1n) is 8.42. The fraction of sp³-hybridized carbons (Fsp3) is 0.938. The average Bonchev–Trinajstić information content (AvgIpc) is 2.49. The van der Waals surface area contributed by atoms with Gasteiger partial charge in [0.1, 0.15) is 0 Å². The minimum atomic E-state index is 0.0248. The summed E-state index contributed by atoms with van der Waals surface area (Å²) in [6.45, 7) is 8.88. The number of ether oxygens (including phenoxy) is 2. The molecule has 5 heteroatoms. The molecule has 0 saturated carbocycles. The Morgan fingerprint density at radius 1 is 1.24 bits per heavy atom. The minimum Gasteiger partial charge on any atom is -0.381 e. The quantitative estimate of drug-likeness (QED) is 0.808. The third-order valence-corrected chi connectivity index (χ3v) is 4.79. The van der Waals surface area contributed by atoms with Crippen LogP contribution in [0.5, 0.6) is 0 Å². The van der Waals surface area contributed by atoms with Crippen molar-refractivity contribution in [1.29, 1.82) is 0 Å². The molecule has 2 fully saturated rings. The minimum absolute atomic E-state index is 0.0248. The molecule has 0 aliphatic carbocycles. The number of amides is 1. The van der Waals surface area contributed by atoms with Crippen LogP contribution in [-0.2, 0) is 14.3 Å². The number of carbonyl (C=O) groups excluding carboxylic acids is 1. The number of hydrogen-bond donors (Lipinski definition) is 1. The average molecular weight is 298 g/mol. The van der Waals surface area contributed by atoms with Crippen molar-refractivity contribution in [3.05, 3.63) is 0 Å². The molecule has 2 aliphatic heterocycles. The van der Waals surface area contributed by atoms with Gasteiger partial charge in [-0.1, -0.05) is 0 Å². The lowest BCUT2D eigenvalue weighted by atomic mass is 9.84. The molecule has 1 N–H and O–H groups in total. The predicted molar refractivity (Wildman–Crippen MR) is 82.3 cm³/mol. The van der Waals surface area contributed by atoms with E-state index >= 15 is 0 Å². The second-order valence-corrected chi connectivity index (χ2v) is 6.10. The molecule has 1 amide bonds. The summed E-state index contributed by atoms with van der Waals surface area (Å²) in [7, 11) is 0. The summed E-state index contributed by atoms with van der Waals surface area (Å²) in [5.74, 6) is 0.250. The second-order valence-electron chi connectivity index (χ2n) is 6.10. The van der Waals surface area contributed by atoms with Crippen LogP contribution in [0.15, 0.2) is 0 Å². The maximum absolute atomic E-state index is 12.0. The van der Waals surface area contributed by atoms with E-state index in [4.69, 9.17) is 9.47 Å². The highest BCUT2D eigenvalue weighted by Crippen LogP contribution is 2.34. The molecular formula is C16H30N2O3. The van der Waals surface area contributed by atoms with Gasteiger partial charge in [0, 0.05) is 51.9 Å². The van der Waals surface area contributed by atoms with Gasteiger partial charge in [-0.3, -0.25) is 4.79 Å². The van der Waals surface area contributed by atoms with Crippen molar-refractivity contribution in [1.82, 2.24) is 10.2 Å². The largest absolute Gasteiger partial charge is 0.381 e. The molecule has 122 valence electrons. The second kappa shape index (κ2) is 8.11. The lowest BCUT2D eigenvalue weighted by molar-refractivity contribution is -0.140. The van der Waals surface area contributed by atoms with Crippen LogP contribution in [0.1, 0.15) is 46.0 Å². The first kappa shape index (κ1) is 16.7. The summed E-state index contributed by atoms with van der Waals surface area (Å²) in [6, 6.07) is 0.473. The van der Waals surface area contributed by atoms with Gasteiger partial charge in [-0.2, -0.15) is 0 Å². The fourth-order valence-corrected chi connectivity index (χ4v) is 3.41. The number of nitrogens with zero attached hydrogens (tertiary/aromatic N) is 1. The standard InChI is InChI=1S/C16H30N2O3/c1-3-18(4-2)15(19)5-9-17-14-6-10-21-16(13-14)7-11-20-12-8-16/h14,17H,3-13H2,1-2H3. The highest BCUT2D eigenvalue weighted by molar-refractivity contribution is 5.76. The molecule has 0 aromatic heterocycles. The Balaban J connectivity index is 1.72. The van der Waals surface area contributed by atoms with Crippen molar-refractivity contribution < 1.29 is 14.3 Å². The van der Waals surface area contributed by atoms with Crippen molar-refractivity contribution in [3.63, 3.8) is 0 Å². The molecule has 1 unspecified atom stereocenters. The maximum atomic E-state index is 12.0. The molecule has 1 atom stereocenters. The molecule has 2 aliphatic rings. The highest BCUT2D eigenvalue weighted by Gasteiger charge is 2.38. The lowest BCUT2D eigenvalue weighted by Crippen LogP contribution is -2.50. The molecule has 0 bridgehead atoms. The molecule has 0 aromatic rings. The fourth-order valence-electron chi connectivity index (χ4n) is 3.41. The highest BCUT2D eigenvalue weighted by atomic mass is 16.5. The van der Waals surface area contributed by atoms with Gasteiger partial charge in [0.2, 0.25) is 5.91 Å². The van der Waals surface area contributed by atoms with Gasteiger partial charge in [-0.25, -0.2) is 0 Å². The van der Waals surface area contributed by atoms with Crippen molar-refractivity contribution in [2.24, 2.45) is 0 Å². The van der Waals surface area contributed by atoms with Gasteiger partial charge in [-0.05, 0) is 39.5 Å². The number of nitrogens with one attached hydrogen (secondary N) is 1. The van der Waals surface area contributed by atoms with E-state index in [1.165, 1.54) is 0 Å². The van der Waals surface area contributed by atoms with E-state index < -0.39 is 0 Å². The predicted octanol–water partition coefficient (Wildman–Crippen LogP) is 1.56. The van der Waals surface area contributed by atoms with Gasteiger partial charge in [0.05, 0.1) is 5.60 Å². The normalized spacial score (nSPS) is 25.0. The zero-order valence-electron chi connectivity index (χ0n) is 13.5. The maximum Gasteiger partial charge on any atom is 0.223 e. The Kier molecular flexibility index (Phi) is 6.45. The van der Waals surface area contributed by atoms with Crippen molar-refractivity contribution in [2.75, 3.05) is 39.5 Å². The van der Waals surface area contributed by atoms with Crippen molar-refractivity contribution in [2.45, 2.75) is 57.6 Å². The van der Waals surface area contributed by atoms with E-state index in [2.05, 4.69) is 5.32 Å². The number of rotatable bonds is 6. The first-order chi connectivity index (χ1) is 10.2. The Bertz CT molecular complexity index is 320. The van der Waals surface area contributed by atoms with Crippen LogP contribution < -0.4 is 5.32 Å². The summed E-state index contributed by atoms with van der Waals surface area (Å²) >= 11 is 0. The smallest absolute Gasteiger partial charge is 0.223 e. The van der Waals surface area contributed by atoms with Crippen LogP contribution in [0.4, 0.5) is 0 Å². The molecule has 5 nitrogen and oxygen atoms in total. The number of carbonyl (C=O) groups is 1. The molecule has 0 aromatic carbocycles. The van der Waals surface area contributed by atoms with E-state index in [0.717, 1.165) is 65.1 Å². The molecule has 2 heterocycles. The Morgan fingerprint density at radius 3 is 2.62 bits per heavy atom. The Hall–Kier alpha value is -0.650. The van der Waals surface area contributed by atoms with Crippen LogP contribution in [0.25, 0.3) is 0 Å².